The van der Waals surface area contributed by atoms with Crippen LogP contribution in [-0.4, -0.2) is 43.0 Å². The van der Waals surface area contributed by atoms with Crippen molar-refractivity contribution in [2.45, 2.75) is 12.1 Å². The maximum absolute atomic E-state index is 10.8. The Balaban J connectivity index is 2.07. The van der Waals surface area contributed by atoms with Crippen molar-refractivity contribution in [2.75, 3.05) is 19.7 Å². The highest BCUT2D eigenvalue weighted by Crippen LogP contribution is 2.19. The molecule has 0 aromatic rings. The molecular weight excluding hydrogens is 160 g/mol. The second-order valence-corrected chi connectivity index (χ2v) is 3.22. The summed E-state index contributed by atoms with van der Waals surface area (Å²) in [6.07, 6.45) is -0.518. The zero-order valence-electron chi connectivity index (χ0n) is 6.62. The van der Waals surface area contributed by atoms with Crippen molar-refractivity contribution in [1.82, 2.24) is 10.6 Å². The first-order chi connectivity index (χ1) is 5.81. The van der Waals surface area contributed by atoms with E-state index in [4.69, 9.17) is 9.84 Å². The largest absolute Gasteiger partial charge is 0.444 e. The van der Waals surface area contributed by atoms with Crippen LogP contribution in [0.25, 0.3) is 0 Å². The molecule has 3 unspecified atom stereocenters. The highest BCUT2D eigenvalue weighted by atomic mass is 16.6. The molecule has 12 heavy (non-hydrogen) atoms. The predicted molar refractivity (Wildman–Crippen MR) is 40.6 cm³/mol. The van der Waals surface area contributed by atoms with Crippen LogP contribution in [0.2, 0.25) is 0 Å². The summed E-state index contributed by atoms with van der Waals surface area (Å²) in [6.45, 7) is 1.50. The monoisotopic (exact) mass is 172 g/mol. The summed E-state index contributed by atoms with van der Waals surface area (Å²) >= 11 is 0. The molecule has 0 spiro atoms. The fourth-order valence-corrected chi connectivity index (χ4v) is 1.77. The average Bonchev–Trinajstić information content (AvgIpc) is 2.44. The van der Waals surface area contributed by atoms with Gasteiger partial charge in [-0.3, -0.25) is 0 Å². The standard InChI is InChI=1S/C7H12N2O3/c10-3-4-1-8-2-5-6(4)12-7(11)9-5/h4-6,8,10H,1-3H2,(H,9,11). The number of alkyl carbamates (subject to hydrolysis) is 1. The molecule has 0 aliphatic carbocycles. The third-order valence-corrected chi connectivity index (χ3v) is 2.41. The van der Waals surface area contributed by atoms with E-state index in [-0.39, 0.29) is 30.8 Å². The lowest BCUT2D eigenvalue weighted by molar-refractivity contribution is 0.0468. The minimum atomic E-state index is -0.368. The Morgan fingerprint density at radius 1 is 1.58 bits per heavy atom. The molecule has 5 nitrogen and oxygen atoms in total. The molecule has 3 atom stereocenters. The van der Waals surface area contributed by atoms with E-state index in [0.717, 1.165) is 6.54 Å². The van der Waals surface area contributed by atoms with Crippen molar-refractivity contribution in [2.24, 2.45) is 5.92 Å². The molecule has 2 aliphatic rings. The second kappa shape index (κ2) is 2.91. The number of aliphatic hydroxyl groups excluding tert-OH is 1. The first-order valence-corrected chi connectivity index (χ1v) is 4.10. The number of carbonyl (C=O) groups is 1. The number of piperidine rings is 1. The van der Waals surface area contributed by atoms with E-state index in [1.807, 2.05) is 0 Å². The van der Waals surface area contributed by atoms with E-state index in [2.05, 4.69) is 10.6 Å². The SMILES string of the molecule is O=C1NC2CNCC(CO)C2O1. The molecule has 2 saturated heterocycles. The highest BCUT2D eigenvalue weighted by Gasteiger charge is 2.41. The van der Waals surface area contributed by atoms with Gasteiger partial charge in [-0.1, -0.05) is 0 Å². The fourth-order valence-electron chi connectivity index (χ4n) is 1.77. The Morgan fingerprint density at radius 2 is 2.42 bits per heavy atom. The van der Waals surface area contributed by atoms with Gasteiger partial charge in [0.1, 0.15) is 6.10 Å². The van der Waals surface area contributed by atoms with Gasteiger partial charge in [-0.05, 0) is 0 Å². The summed E-state index contributed by atoms with van der Waals surface area (Å²) in [4.78, 5) is 10.8. The smallest absolute Gasteiger partial charge is 0.407 e. The molecule has 2 heterocycles. The van der Waals surface area contributed by atoms with Crippen LogP contribution < -0.4 is 10.6 Å². The van der Waals surface area contributed by atoms with E-state index >= 15 is 0 Å². The first kappa shape index (κ1) is 7.82. The lowest BCUT2D eigenvalue weighted by atomic mass is 9.94. The number of amides is 1. The highest BCUT2D eigenvalue weighted by molar-refractivity contribution is 5.70. The minimum absolute atomic E-state index is 0.0303. The zero-order chi connectivity index (χ0) is 8.55. The Bertz CT molecular complexity index is 197. The normalized spacial score (nSPS) is 40.1. The number of ether oxygens (including phenoxy) is 1. The van der Waals surface area contributed by atoms with Crippen LogP contribution in [0.15, 0.2) is 0 Å². The van der Waals surface area contributed by atoms with Crippen LogP contribution in [0.3, 0.4) is 0 Å². The van der Waals surface area contributed by atoms with Crippen molar-refractivity contribution in [3.05, 3.63) is 0 Å². The molecule has 68 valence electrons. The maximum atomic E-state index is 10.8. The predicted octanol–water partition coefficient (Wildman–Crippen LogP) is -1.32. The molecule has 5 heteroatoms. The summed E-state index contributed by atoms with van der Waals surface area (Å²) in [5.74, 6) is 0.0303. The average molecular weight is 172 g/mol. The van der Waals surface area contributed by atoms with Crippen molar-refractivity contribution < 1.29 is 14.6 Å². The van der Waals surface area contributed by atoms with Gasteiger partial charge in [0.05, 0.1) is 12.6 Å². The maximum Gasteiger partial charge on any atom is 0.407 e. The lowest BCUT2D eigenvalue weighted by Crippen LogP contribution is -2.53. The fraction of sp³-hybridized carbons (Fsp3) is 0.857. The van der Waals surface area contributed by atoms with Gasteiger partial charge in [0, 0.05) is 19.0 Å². The summed E-state index contributed by atoms with van der Waals surface area (Å²) in [5.41, 5.74) is 0. The van der Waals surface area contributed by atoms with Gasteiger partial charge in [0.25, 0.3) is 0 Å². The van der Waals surface area contributed by atoms with Crippen LogP contribution >= 0.6 is 0 Å². The van der Waals surface area contributed by atoms with Gasteiger partial charge in [-0.15, -0.1) is 0 Å². The van der Waals surface area contributed by atoms with Crippen LogP contribution in [0.4, 0.5) is 4.79 Å². The number of hydrogen-bond acceptors (Lipinski definition) is 4. The number of hydrogen-bond donors (Lipinski definition) is 3. The number of carbonyl (C=O) groups excluding carboxylic acids is 1. The third-order valence-electron chi connectivity index (χ3n) is 2.41. The number of aliphatic hydroxyl groups is 1. The Hall–Kier alpha value is -0.810. The molecule has 0 aromatic carbocycles. The molecule has 1 amide bonds. The van der Waals surface area contributed by atoms with E-state index in [1.54, 1.807) is 0 Å². The van der Waals surface area contributed by atoms with E-state index in [1.165, 1.54) is 0 Å². The molecule has 2 aliphatic heterocycles. The molecule has 0 aromatic heterocycles. The van der Waals surface area contributed by atoms with Gasteiger partial charge in [0.2, 0.25) is 0 Å². The van der Waals surface area contributed by atoms with Crippen molar-refractivity contribution in [3.63, 3.8) is 0 Å². The molecule has 2 rings (SSSR count). The van der Waals surface area contributed by atoms with Gasteiger partial charge >= 0.3 is 6.09 Å². The zero-order valence-corrected chi connectivity index (χ0v) is 6.62. The van der Waals surface area contributed by atoms with Gasteiger partial charge in [-0.25, -0.2) is 4.79 Å². The summed E-state index contributed by atoms with van der Waals surface area (Å²) < 4.78 is 5.02. The number of rotatable bonds is 1. The molecule has 2 fully saturated rings. The van der Waals surface area contributed by atoms with Crippen molar-refractivity contribution in [1.29, 1.82) is 0 Å². The molecule has 3 N–H and O–H groups in total. The molecule has 0 radical (unpaired) electrons. The van der Waals surface area contributed by atoms with E-state index in [9.17, 15) is 4.79 Å². The Labute approximate surface area is 70.1 Å². The lowest BCUT2D eigenvalue weighted by Gasteiger charge is -2.30. The third kappa shape index (κ3) is 1.15. The molecule has 0 bridgehead atoms. The van der Waals surface area contributed by atoms with Crippen LogP contribution in [0.5, 0.6) is 0 Å². The first-order valence-electron chi connectivity index (χ1n) is 4.10. The molecule has 0 saturated carbocycles. The molecular formula is C7H12N2O3. The van der Waals surface area contributed by atoms with E-state index < -0.39 is 0 Å². The summed E-state index contributed by atoms with van der Waals surface area (Å²) in [5, 5.41) is 14.8. The summed E-state index contributed by atoms with van der Waals surface area (Å²) in [6, 6.07) is 0.0309. The minimum Gasteiger partial charge on any atom is -0.444 e. The summed E-state index contributed by atoms with van der Waals surface area (Å²) in [7, 11) is 0. The quantitative estimate of drug-likeness (QED) is 0.458. The van der Waals surface area contributed by atoms with Crippen molar-refractivity contribution in [3.8, 4) is 0 Å². The van der Waals surface area contributed by atoms with Gasteiger partial charge in [-0.2, -0.15) is 0 Å². The Kier molecular flexibility index (Phi) is 1.90. The number of fused-ring (bicyclic) bond motifs is 1. The second-order valence-electron chi connectivity index (χ2n) is 3.22. The van der Waals surface area contributed by atoms with Gasteiger partial charge < -0.3 is 20.5 Å². The van der Waals surface area contributed by atoms with Crippen LogP contribution in [0, 0.1) is 5.92 Å². The topological polar surface area (TPSA) is 70.6 Å². The van der Waals surface area contributed by atoms with E-state index in [0.29, 0.717) is 6.54 Å². The Morgan fingerprint density at radius 3 is 3.17 bits per heavy atom. The van der Waals surface area contributed by atoms with Crippen LogP contribution in [-0.2, 0) is 4.74 Å². The van der Waals surface area contributed by atoms with Gasteiger partial charge in [0.15, 0.2) is 0 Å². The van der Waals surface area contributed by atoms with Crippen molar-refractivity contribution >= 4 is 6.09 Å². The number of nitrogens with one attached hydrogen (secondary N) is 2. The van der Waals surface area contributed by atoms with Crippen LogP contribution in [0.1, 0.15) is 0 Å².